The van der Waals surface area contributed by atoms with Gasteiger partial charge >= 0.3 is 0 Å². The lowest BCUT2D eigenvalue weighted by atomic mass is 10.0. The van der Waals surface area contributed by atoms with Gasteiger partial charge in [0.2, 0.25) is 11.8 Å². The number of amides is 3. The van der Waals surface area contributed by atoms with Crippen molar-refractivity contribution in [3.8, 4) is 0 Å². The zero-order valence-corrected chi connectivity index (χ0v) is 19.4. The van der Waals surface area contributed by atoms with Crippen molar-refractivity contribution in [3.05, 3.63) is 51.2 Å². The van der Waals surface area contributed by atoms with Crippen LogP contribution in [0.15, 0.2) is 36.4 Å². The molecule has 0 radical (unpaired) electrons. The Bertz CT molecular complexity index is 926. The summed E-state index contributed by atoms with van der Waals surface area (Å²) in [7, 11) is 0. The minimum atomic E-state index is -0.626. The third kappa shape index (κ3) is 6.55. The monoisotopic (exact) mass is 461 g/mol. The molecule has 6 nitrogen and oxygen atoms in total. The van der Waals surface area contributed by atoms with Gasteiger partial charge in [-0.3, -0.25) is 14.4 Å². The largest absolute Gasteiger partial charge is 0.350 e. The van der Waals surface area contributed by atoms with Crippen LogP contribution in [0.4, 0.5) is 5.69 Å². The maximum atomic E-state index is 12.8. The van der Waals surface area contributed by atoms with E-state index in [9.17, 15) is 14.4 Å². The first kappa shape index (κ1) is 23.3. The molecule has 3 rings (SSSR count). The number of nitrogens with one attached hydrogen (secondary N) is 2. The topological polar surface area (TPSA) is 78.5 Å². The Kier molecular flexibility index (Phi) is 8.09. The number of benzene rings is 1. The molecule has 0 saturated carbocycles. The van der Waals surface area contributed by atoms with Gasteiger partial charge in [0.25, 0.3) is 5.91 Å². The third-order valence-electron chi connectivity index (χ3n) is 5.16. The van der Waals surface area contributed by atoms with Crippen LogP contribution in [0.5, 0.6) is 0 Å². The summed E-state index contributed by atoms with van der Waals surface area (Å²) in [6.07, 6.45) is 3.10. The Morgan fingerprint density at radius 1 is 1.13 bits per heavy atom. The first-order chi connectivity index (χ1) is 14.8. The molecule has 1 saturated heterocycles. The number of hydrogen-bond acceptors (Lipinski definition) is 4. The first-order valence-corrected chi connectivity index (χ1v) is 11.8. The van der Waals surface area contributed by atoms with E-state index >= 15 is 0 Å². The standard InChI is InChI=1S/C23H28ClN3O3S/c1-15(2)13-18(26-23(30)19-10-11-20(24)31-19)22(29)25-14-16-6-8-17(9-7-16)27-12-4-3-5-21(27)28/h6-11,15,18H,3-5,12-14H2,1-2H3,(H,25,29)(H,26,30)/t18-/m0/s1. The fraction of sp³-hybridized carbons (Fsp3) is 0.435. The highest BCUT2D eigenvalue weighted by molar-refractivity contribution is 7.18. The van der Waals surface area contributed by atoms with Crippen LogP contribution in [-0.2, 0) is 16.1 Å². The van der Waals surface area contributed by atoms with Gasteiger partial charge < -0.3 is 15.5 Å². The number of carbonyl (C=O) groups is 3. The molecule has 2 N–H and O–H groups in total. The molecule has 1 aliphatic heterocycles. The van der Waals surface area contributed by atoms with Gasteiger partial charge in [-0.25, -0.2) is 0 Å². The second kappa shape index (κ2) is 10.8. The van der Waals surface area contributed by atoms with Crippen LogP contribution in [0.2, 0.25) is 4.34 Å². The summed E-state index contributed by atoms with van der Waals surface area (Å²) in [5.41, 5.74) is 1.82. The molecule has 2 heterocycles. The molecule has 0 spiro atoms. The molecule has 1 aliphatic rings. The minimum absolute atomic E-state index is 0.159. The zero-order chi connectivity index (χ0) is 22.4. The number of piperidine rings is 1. The SMILES string of the molecule is CC(C)C[C@H](NC(=O)c1ccc(Cl)s1)C(=O)NCc1ccc(N2CCCCC2=O)cc1. The number of rotatable bonds is 8. The smallest absolute Gasteiger partial charge is 0.262 e. The fourth-order valence-electron chi connectivity index (χ4n) is 3.55. The highest BCUT2D eigenvalue weighted by Gasteiger charge is 2.23. The van der Waals surface area contributed by atoms with Crippen molar-refractivity contribution >= 4 is 46.3 Å². The molecule has 8 heteroatoms. The molecule has 166 valence electrons. The van der Waals surface area contributed by atoms with Crippen LogP contribution in [-0.4, -0.2) is 30.3 Å². The van der Waals surface area contributed by atoms with E-state index in [1.54, 1.807) is 12.1 Å². The van der Waals surface area contributed by atoms with E-state index in [0.717, 1.165) is 30.6 Å². The van der Waals surface area contributed by atoms with E-state index in [1.165, 1.54) is 11.3 Å². The molecule has 0 bridgehead atoms. The van der Waals surface area contributed by atoms with E-state index in [4.69, 9.17) is 11.6 Å². The molecule has 1 fully saturated rings. The predicted molar refractivity (Wildman–Crippen MR) is 125 cm³/mol. The number of anilines is 1. The molecule has 3 amide bonds. The second-order valence-corrected chi connectivity index (χ2v) is 9.86. The van der Waals surface area contributed by atoms with E-state index in [1.807, 2.05) is 43.0 Å². The summed E-state index contributed by atoms with van der Waals surface area (Å²) >= 11 is 7.10. The summed E-state index contributed by atoms with van der Waals surface area (Å²) in [6, 6.07) is 10.4. The maximum Gasteiger partial charge on any atom is 0.262 e. The van der Waals surface area contributed by atoms with E-state index in [0.29, 0.717) is 28.6 Å². The van der Waals surface area contributed by atoms with Gasteiger partial charge in [0.1, 0.15) is 6.04 Å². The Hall–Kier alpha value is -2.38. The van der Waals surface area contributed by atoms with Gasteiger partial charge in [-0.15, -0.1) is 11.3 Å². The van der Waals surface area contributed by atoms with Gasteiger partial charge in [-0.2, -0.15) is 0 Å². The van der Waals surface area contributed by atoms with Gasteiger partial charge in [-0.1, -0.05) is 37.6 Å². The second-order valence-electron chi connectivity index (χ2n) is 8.15. The molecule has 1 aromatic heterocycles. The predicted octanol–water partition coefficient (Wildman–Crippen LogP) is 4.38. The molecule has 1 atom stereocenters. The lowest BCUT2D eigenvalue weighted by Crippen LogP contribution is -2.47. The number of thiophene rings is 1. The van der Waals surface area contributed by atoms with Crippen LogP contribution >= 0.6 is 22.9 Å². The van der Waals surface area contributed by atoms with E-state index < -0.39 is 6.04 Å². The van der Waals surface area contributed by atoms with Gasteiger partial charge in [0.15, 0.2) is 0 Å². The summed E-state index contributed by atoms with van der Waals surface area (Å²) in [4.78, 5) is 39.6. The molecular weight excluding hydrogens is 434 g/mol. The first-order valence-electron chi connectivity index (χ1n) is 10.6. The van der Waals surface area contributed by atoms with Crippen molar-refractivity contribution in [1.82, 2.24) is 10.6 Å². The average Bonchev–Trinajstić information content (AvgIpc) is 3.18. The zero-order valence-electron chi connectivity index (χ0n) is 17.8. The molecule has 31 heavy (non-hydrogen) atoms. The quantitative estimate of drug-likeness (QED) is 0.612. The van der Waals surface area contributed by atoms with Crippen molar-refractivity contribution in [1.29, 1.82) is 0 Å². The van der Waals surface area contributed by atoms with Crippen molar-refractivity contribution in [2.24, 2.45) is 5.92 Å². The summed E-state index contributed by atoms with van der Waals surface area (Å²) < 4.78 is 0.532. The van der Waals surface area contributed by atoms with Crippen LogP contribution < -0.4 is 15.5 Å². The average molecular weight is 462 g/mol. The molecule has 0 unspecified atom stereocenters. The normalized spacial score (nSPS) is 15.1. The molecule has 0 aliphatic carbocycles. The lowest BCUT2D eigenvalue weighted by Gasteiger charge is -2.27. The Balaban J connectivity index is 1.58. The summed E-state index contributed by atoms with van der Waals surface area (Å²) in [5.74, 6) is -0.121. The number of halogens is 1. The van der Waals surface area contributed by atoms with Crippen molar-refractivity contribution < 1.29 is 14.4 Å². The van der Waals surface area contributed by atoms with Crippen molar-refractivity contribution in [3.63, 3.8) is 0 Å². The van der Waals surface area contributed by atoms with Crippen molar-refractivity contribution in [2.75, 3.05) is 11.4 Å². The fourth-order valence-corrected chi connectivity index (χ4v) is 4.50. The van der Waals surface area contributed by atoms with Crippen LogP contribution in [0.1, 0.15) is 54.8 Å². The Morgan fingerprint density at radius 2 is 1.87 bits per heavy atom. The van der Waals surface area contributed by atoms with E-state index in [-0.39, 0.29) is 23.6 Å². The van der Waals surface area contributed by atoms with Gasteiger partial charge in [0, 0.05) is 25.2 Å². The van der Waals surface area contributed by atoms with Crippen molar-refractivity contribution in [2.45, 2.75) is 52.1 Å². The van der Waals surface area contributed by atoms with Crippen LogP contribution in [0, 0.1) is 5.92 Å². The summed E-state index contributed by atoms with van der Waals surface area (Å²) in [6.45, 7) is 5.12. The minimum Gasteiger partial charge on any atom is -0.350 e. The highest BCUT2D eigenvalue weighted by atomic mass is 35.5. The molecule has 1 aromatic carbocycles. The van der Waals surface area contributed by atoms with E-state index in [2.05, 4.69) is 10.6 Å². The molecule has 2 aromatic rings. The highest BCUT2D eigenvalue weighted by Crippen LogP contribution is 2.22. The van der Waals surface area contributed by atoms with Crippen LogP contribution in [0.25, 0.3) is 0 Å². The lowest BCUT2D eigenvalue weighted by molar-refractivity contribution is -0.123. The number of nitrogens with zero attached hydrogens (tertiary/aromatic N) is 1. The van der Waals surface area contributed by atoms with Gasteiger partial charge in [-0.05, 0) is 55.0 Å². The maximum absolute atomic E-state index is 12.8. The Morgan fingerprint density at radius 3 is 2.48 bits per heavy atom. The number of carbonyl (C=O) groups excluding carboxylic acids is 3. The Labute approximate surface area is 192 Å². The summed E-state index contributed by atoms with van der Waals surface area (Å²) in [5, 5.41) is 5.75. The third-order valence-corrected chi connectivity index (χ3v) is 6.39. The number of hydrogen-bond donors (Lipinski definition) is 2. The van der Waals surface area contributed by atoms with Gasteiger partial charge in [0.05, 0.1) is 9.21 Å². The van der Waals surface area contributed by atoms with Crippen LogP contribution in [0.3, 0.4) is 0 Å². The molecular formula is C23H28ClN3O3S.